The molecule has 172 valence electrons. The van der Waals surface area contributed by atoms with E-state index in [0.29, 0.717) is 29.9 Å². The molecule has 9 nitrogen and oxygen atoms in total. The number of hydrogen-bond donors (Lipinski definition) is 2. The first-order valence-corrected chi connectivity index (χ1v) is 10.8. The molecular formula is C20H30ClN5O4S. The highest BCUT2D eigenvalue weighted by Crippen LogP contribution is 2.24. The highest BCUT2D eigenvalue weighted by atomic mass is 35.5. The van der Waals surface area contributed by atoms with Gasteiger partial charge in [0, 0.05) is 37.0 Å². The second-order valence-corrected chi connectivity index (χ2v) is 8.90. The largest absolute Gasteiger partial charge is 0.412 e. The molecular weight excluding hydrogens is 442 g/mol. The number of benzene rings is 1. The predicted octanol–water partition coefficient (Wildman–Crippen LogP) is 1.70. The third-order valence-electron chi connectivity index (χ3n) is 4.36. The van der Waals surface area contributed by atoms with E-state index in [2.05, 4.69) is 30.3 Å². The monoisotopic (exact) mass is 471 g/mol. The van der Waals surface area contributed by atoms with Gasteiger partial charge in [-0.15, -0.1) is 0 Å². The number of nitrogens with one attached hydrogen (secondary N) is 1. The molecule has 1 heterocycles. The second kappa shape index (κ2) is 12.7. The van der Waals surface area contributed by atoms with Crippen molar-refractivity contribution >= 4 is 41.8 Å². The van der Waals surface area contributed by atoms with Crippen LogP contribution in [-0.4, -0.2) is 45.0 Å². The Hall–Kier alpha value is -2.11. The summed E-state index contributed by atoms with van der Waals surface area (Å²) in [7, 11) is 1.56. The van der Waals surface area contributed by atoms with Crippen LogP contribution in [0.4, 0.5) is 11.5 Å². The molecule has 0 aliphatic heterocycles. The molecule has 1 aromatic carbocycles. The van der Waals surface area contributed by atoms with Crippen molar-refractivity contribution < 1.29 is 10.6 Å². The van der Waals surface area contributed by atoms with Gasteiger partial charge < -0.3 is 15.5 Å². The van der Waals surface area contributed by atoms with Crippen molar-refractivity contribution in [3.8, 4) is 0 Å². The van der Waals surface area contributed by atoms with Crippen LogP contribution in [0.5, 0.6) is 0 Å². The Kier molecular flexibility index (Phi) is 11.0. The zero-order valence-electron chi connectivity index (χ0n) is 18.0. The first kappa shape index (κ1) is 26.9. The zero-order valence-corrected chi connectivity index (χ0v) is 19.5. The summed E-state index contributed by atoms with van der Waals surface area (Å²) in [4.78, 5) is 31.8. The molecule has 1 aromatic heterocycles. The minimum Gasteiger partial charge on any atom is -0.412 e. The third kappa shape index (κ3) is 6.94. The Labute approximate surface area is 190 Å². The summed E-state index contributed by atoms with van der Waals surface area (Å²) in [6, 6.07) is 7.35. The van der Waals surface area contributed by atoms with Crippen molar-refractivity contribution in [2.24, 2.45) is 12.0 Å². The van der Waals surface area contributed by atoms with Gasteiger partial charge in [0.25, 0.3) is 5.56 Å². The van der Waals surface area contributed by atoms with Gasteiger partial charge in [-0.1, -0.05) is 49.5 Å². The lowest BCUT2D eigenvalue weighted by atomic mass is 10.2. The molecule has 11 heteroatoms. The maximum atomic E-state index is 13.3. The van der Waals surface area contributed by atoms with E-state index in [0.717, 1.165) is 10.1 Å². The standard InChI is InChI=1S/C20H28ClN5O3S.H2O/c1-14(2)30-23-13-25(12-15-6-8-16(21)9-7-15)17-18(22-3)24(4)20(29)26(19(17)28)10-5-11-27;/h6-9,14,23,27H,3,5,10-13H2,1-2,4H3;1H2. The molecule has 4 N–H and O–H groups in total. The molecule has 0 bridgehead atoms. The van der Waals surface area contributed by atoms with Crippen molar-refractivity contribution in [3.05, 3.63) is 55.7 Å². The fraction of sp³-hybridized carbons (Fsp3) is 0.450. The van der Waals surface area contributed by atoms with E-state index in [1.165, 1.54) is 4.57 Å². The highest BCUT2D eigenvalue weighted by molar-refractivity contribution is 7.97. The average molecular weight is 472 g/mol. The second-order valence-electron chi connectivity index (χ2n) is 7.00. The zero-order chi connectivity index (χ0) is 22.3. The Morgan fingerprint density at radius 2 is 1.94 bits per heavy atom. The van der Waals surface area contributed by atoms with Gasteiger partial charge in [0.15, 0.2) is 5.82 Å². The smallest absolute Gasteiger partial charge is 0.332 e. The molecule has 0 atom stereocenters. The Morgan fingerprint density at radius 1 is 1.29 bits per heavy atom. The van der Waals surface area contributed by atoms with Crippen LogP contribution in [0.1, 0.15) is 25.8 Å². The number of aliphatic hydroxyl groups is 1. The summed E-state index contributed by atoms with van der Waals surface area (Å²) in [6.45, 7) is 8.44. The number of halogens is 1. The average Bonchev–Trinajstić information content (AvgIpc) is 2.71. The number of aliphatic imine (C=N–C) groups is 1. The molecule has 0 saturated carbocycles. The normalized spacial score (nSPS) is 10.8. The summed E-state index contributed by atoms with van der Waals surface area (Å²) in [5.74, 6) is 0.204. The van der Waals surface area contributed by atoms with Crippen LogP contribution in [0.25, 0.3) is 0 Å². The number of rotatable bonds is 11. The lowest BCUT2D eigenvalue weighted by molar-refractivity contribution is 0.277. The van der Waals surface area contributed by atoms with Crippen molar-refractivity contribution in [1.82, 2.24) is 13.9 Å². The fourth-order valence-electron chi connectivity index (χ4n) is 2.93. The topological polar surface area (TPSA) is 123 Å². The van der Waals surface area contributed by atoms with E-state index in [4.69, 9.17) is 16.7 Å². The quantitative estimate of drug-likeness (QED) is 0.292. The van der Waals surface area contributed by atoms with Gasteiger partial charge in [0.1, 0.15) is 5.69 Å². The lowest BCUT2D eigenvalue weighted by Crippen LogP contribution is -2.44. The number of nitrogens with zero attached hydrogens (tertiary/aromatic N) is 4. The number of aromatic nitrogens is 2. The third-order valence-corrected chi connectivity index (χ3v) is 5.38. The molecule has 0 radical (unpaired) electrons. The van der Waals surface area contributed by atoms with E-state index in [9.17, 15) is 9.59 Å². The van der Waals surface area contributed by atoms with Gasteiger partial charge in [-0.05, 0) is 30.8 Å². The summed E-state index contributed by atoms with van der Waals surface area (Å²) >= 11 is 7.54. The summed E-state index contributed by atoms with van der Waals surface area (Å²) < 4.78 is 5.71. The van der Waals surface area contributed by atoms with Crippen molar-refractivity contribution in [3.63, 3.8) is 0 Å². The molecule has 2 rings (SSSR count). The number of aliphatic hydroxyl groups excluding tert-OH is 1. The van der Waals surface area contributed by atoms with E-state index in [-0.39, 0.29) is 30.1 Å². The Morgan fingerprint density at radius 3 is 2.48 bits per heavy atom. The fourth-order valence-corrected chi connectivity index (χ4v) is 3.62. The van der Waals surface area contributed by atoms with Crippen LogP contribution in [0.2, 0.25) is 5.02 Å². The van der Waals surface area contributed by atoms with Crippen molar-refractivity contribution in [1.29, 1.82) is 0 Å². The van der Waals surface area contributed by atoms with Gasteiger partial charge in [-0.25, -0.2) is 14.5 Å². The van der Waals surface area contributed by atoms with Gasteiger partial charge in [0.2, 0.25) is 0 Å². The maximum absolute atomic E-state index is 13.3. The van der Waals surface area contributed by atoms with Gasteiger partial charge in [-0.3, -0.25) is 13.9 Å². The molecule has 0 saturated heterocycles. The summed E-state index contributed by atoms with van der Waals surface area (Å²) in [6.07, 6.45) is 0.300. The highest BCUT2D eigenvalue weighted by Gasteiger charge is 2.22. The van der Waals surface area contributed by atoms with Crippen LogP contribution in [0, 0.1) is 0 Å². The molecule has 0 aliphatic rings. The summed E-state index contributed by atoms with van der Waals surface area (Å²) in [5, 5.41) is 10.1. The van der Waals surface area contributed by atoms with Gasteiger partial charge >= 0.3 is 5.69 Å². The van der Waals surface area contributed by atoms with E-state index in [1.54, 1.807) is 31.1 Å². The molecule has 0 aliphatic carbocycles. The molecule has 0 fully saturated rings. The van der Waals surface area contributed by atoms with Crippen LogP contribution >= 0.6 is 23.5 Å². The first-order valence-electron chi connectivity index (χ1n) is 9.59. The lowest BCUT2D eigenvalue weighted by Gasteiger charge is -2.27. The molecule has 31 heavy (non-hydrogen) atoms. The van der Waals surface area contributed by atoms with Crippen LogP contribution in [0.3, 0.4) is 0 Å². The van der Waals surface area contributed by atoms with Gasteiger partial charge in [-0.2, -0.15) is 0 Å². The minimum atomic E-state index is -0.490. The Bertz CT molecular complexity index is 975. The maximum Gasteiger partial charge on any atom is 0.332 e. The molecule has 0 amide bonds. The molecule has 0 spiro atoms. The van der Waals surface area contributed by atoms with Crippen molar-refractivity contribution in [2.45, 2.75) is 38.6 Å². The molecule has 0 unspecified atom stereocenters. The summed E-state index contributed by atoms with van der Waals surface area (Å²) in [5.41, 5.74) is 0.271. The van der Waals surface area contributed by atoms with E-state index in [1.807, 2.05) is 17.0 Å². The van der Waals surface area contributed by atoms with Crippen LogP contribution in [0.15, 0.2) is 38.8 Å². The van der Waals surface area contributed by atoms with E-state index < -0.39 is 11.2 Å². The van der Waals surface area contributed by atoms with Gasteiger partial charge in [0.05, 0.1) is 6.67 Å². The van der Waals surface area contributed by atoms with E-state index >= 15 is 0 Å². The first-order chi connectivity index (χ1) is 14.3. The number of hydrogen-bond acceptors (Lipinski definition) is 7. The van der Waals surface area contributed by atoms with Crippen LogP contribution in [-0.2, 0) is 20.1 Å². The molecule has 2 aromatic rings. The number of anilines is 1. The van der Waals surface area contributed by atoms with Crippen LogP contribution < -0.4 is 20.9 Å². The Balaban J connectivity index is 0.00000480. The predicted molar refractivity (Wildman–Crippen MR) is 129 cm³/mol. The minimum absolute atomic E-state index is 0. The van der Waals surface area contributed by atoms with Crippen molar-refractivity contribution in [2.75, 3.05) is 18.2 Å². The SMILES string of the molecule is C=Nc1c(N(CNSC(C)C)Cc2ccc(Cl)cc2)c(=O)n(CCCO)c(=O)n1C.O.